The number of nitriles is 2. The standard InChI is InChI=1S/C20H17N3O2S/c1-23(2)16-9-7-14(8-10-16)11-19-20(15(12-21)13-22)17-5-3-4-6-18(17)26(19,24)25/h3-11,24-25H,1-2H3/p-2/b19-11-. The highest BCUT2D eigenvalue weighted by atomic mass is 32.3. The highest BCUT2D eigenvalue weighted by Gasteiger charge is 2.28. The molecule has 2 aromatic rings. The zero-order chi connectivity index (χ0) is 18.9. The van der Waals surface area contributed by atoms with Crippen molar-refractivity contribution in [1.82, 2.24) is 0 Å². The summed E-state index contributed by atoms with van der Waals surface area (Å²) in [6.45, 7) is 0. The molecular formula is C20H15N3O2S-2. The maximum absolute atomic E-state index is 13.0. The van der Waals surface area contributed by atoms with Crippen molar-refractivity contribution in [2.24, 2.45) is 0 Å². The SMILES string of the molecule is CN(C)c1ccc(/C=C2/C(=C(C#N)C#N)c3ccccc3S2([O-])[O-])cc1. The van der Waals surface area contributed by atoms with E-state index in [4.69, 9.17) is 0 Å². The van der Waals surface area contributed by atoms with Gasteiger partial charge in [0, 0.05) is 40.7 Å². The van der Waals surface area contributed by atoms with Crippen LogP contribution < -0.4 is 4.90 Å². The van der Waals surface area contributed by atoms with E-state index in [0.29, 0.717) is 11.1 Å². The number of sulfone groups is 1. The lowest BCUT2D eigenvalue weighted by molar-refractivity contribution is 0.456. The number of fused-ring (bicyclic) bond motifs is 1. The number of rotatable bonds is 2. The van der Waals surface area contributed by atoms with Crippen LogP contribution in [0.2, 0.25) is 0 Å². The summed E-state index contributed by atoms with van der Waals surface area (Å²) in [5.41, 5.74) is 2.00. The van der Waals surface area contributed by atoms with E-state index in [-0.39, 0.29) is 20.9 Å². The molecule has 0 amide bonds. The van der Waals surface area contributed by atoms with Gasteiger partial charge in [0.15, 0.2) is 0 Å². The van der Waals surface area contributed by atoms with E-state index in [2.05, 4.69) is 0 Å². The summed E-state index contributed by atoms with van der Waals surface area (Å²) in [6.07, 6.45) is 1.51. The Hall–Kier alpha value is -3.03. The second kappa shape index (κ2) is 6.70. The number of allylic oxidation sites excluding steroid dienone is 2. The molecule has 1 aliphatic rings. The molecule has 0 N–H and O–H groups in total. The van der Waals surface area contributed by atoms with Crippen LogP contribution in [0, 0.1) is 22.7 Å². The fourth-order valence-electron chi connectivity index (χ4n) is 2.86. The molecule has 0 spiro atoms. The molecule has 0 unspecified atom stereocenters. The fourth-order valence-corrected chi connectivity index (χ4v) is 4.58. The first-order valence-electron chi connectivity index (χ1n) is 7.78. The van der Waals surface area contributed by atoms with Gasteiger partial charge in [0.25, 0.3) is 0 Å². The van der Waals surface area contributed by atoms with Gasteiger partial charge in [-0.15, -0.1) is 0 Å². The fraction of sp³-hybridized carbons (Fsp3) is 0.100. The van der Waals surface area contributed by atoms with Gasteiger partial charge in [-0.3, -0.25) is 0 Å². The monoisotopic (exact) mass is 361 g/mol. The second-order valence-electron chi connectivity index (χ2n) is 5.97. The topological polar surface area (TPSA) is 96.9 Å². The van der Waals surface area contributed by atoms with Gasteiger partial charge >= 0.3 is 0 Å². The summed E-state index contributed by atoms with van der Waals surface area (Å²) < 4.78 is 26.0. The molecule has 0 atom stereocenters. The van der Waals surface area contributed by atoms with Crippen molar-refractivity contribution < 1.29 is 9.11 Å². The molecule has 0 bridgehead atoms. The second-order valence-corrected chi connectivity index (χ2v) is 7.85. The molecule has 1 heterocycles. The number of nitrogens with zero attached hydrogens (tertiary/aromatic N) is 3. The van der Waals surface area contributed by atoms with E-state index >= 15 is 0 Å². The molecule has 2 aromatic carbocycles. The van der Waals surface area contributed by atoms with Crippen molar-refractivity contribution in [2.75, 3.05) is 19.0 Å². The minimum atomic E-state index is -3.79. The van der Waals surface area contributed by atoms with Gasteiger partial charge in [-0.25, -0.2) is 0 Å². The molecule has 5 nitrogen and oxygen atoms in total. The van der Waals surface area contributed by atoms with Crippen molar-refractivity contribution in [1.29, 1.82) is 10.5 Å². The van der Waals surface area contributed by atoms with Gasteiger partial charge < -0.3 is 24.6 Å². The Morgan fingerprint density at radius 3 is 2.19 bits per heavy atom. The van der Waals surface area contributed by atoms with Crippen LogP contribution in [0.3, 0.4) is 0 Å². The molecular weight excluding hydrogens is 346 g/mol. The molecule has 0 radical (unpaired) electrons. The molecule has 0 aromatic heterocycles. The van der Waals surface area contributed by atoms with Gasteiger partial charge in [-0.1, -0.05) is 30.3 Å². The summed E-state index contributed by atoms with van der Waals surface area (Å²) in [6, 6.07) is 17.4. The Bertz CT molecular complexity index is 991. The van der Waals surface area contributed by atoms with E-state index in [1.807, 2.05) is 43.3 Å². The normalized spacial score (nSPS) is 17.2. The predicted molar refractivity (Wildman–Crippen MR) is 101 cm³/mol. The van der Waals surface area contributed by atoms with Gasteiger partial charge in [0.2, 0.25) is 0 Å². The number of hydrogen-bond acceptors (Lipinski definition) is 5. The van der Waals surface area contributed by atoms with Crippen molar-refractivity contribution in [2.45, 2.75) is 4.90 Å². The molecule has 0 saturated heterocycles. The van der Waals surface area contributed by atoms with Gasteiger partial charge in [-0.05, 0) is 29.8 Å². The van der Waals surface area contributed by atoms with Crippen molar-refractivity contribution in [3.05, 3.63) is 70.1 Å². The van der Waals surface area contributed by atoms with E-state index in [9.17, 15) is 19.6 Å². The Kier molecular flexibility index (Phi) is 4.58. The summed E-state index contributed by atoms with van der Waals surface area (Å²) in [4.78, 5) is 2.04. The first kappa shape index (κ1) is 17.8. The Morgan fingerprint density at radius 1 is 1.00 bits per heavy atom. The smallest absolute Gasteiger partial charge is 0.139 e. The third-order valence-electron chi connectivity index (χ3n) is 4.16. The first-order valence-corrected chi connectivity index (χ1v) is 9.27. The van der Waals surface area contributed by atoms with E-state index in [0.717, 1.165) is 5.69 Å². The summed E-state index contributed by atoms with van der Waals surface area (Å²) in [5, 5.41) is 18.6. The molecule has 3 rings (SSSR count). The molecule has 26 heavy (non-hydrogen) atoms. The largest absolute Gasteiger partial charge is 0.792 e. The molecule has 130 valence electrons. The number of benzene rings is 2. The van der Waals surface area contributed by atoms with Crippen molar-refractivity contribution in [3.8, 4) is 12.1 Å². The minimum Gasteiger partial charge on any atom is -0.792 e. The van der Waals surface area contributed by atoms with Crippen molar-refractivity contribution in [3.63, 3.8) is 0 Å². The zero-order valence-corrected chi connectivity index (χ0v) is 15.1. The maximum Gasteiger partial charge on any atom is 0.139 e. The third kappa shape index (κ3) is 2.87. The summed E-state index contributed by atoms with van der Waals surface area (Å²) in [7, 11) is 0.0355. The first-order chi connectivity index (χ1) is 12.4. The van der Waals surface area contributed by atoms with E-state index in [1.54, 1.807) is 30.3 Å². The van der Waals surface area contributed by atoms with Crippen LogP contribution in [-0.2, 0) is 0 Å². The number of anilines is 1. The molecule has 0 fully saturated rings. The Morgan fingerprint density at radius 2 is 1.62 bits per heavy atom. The highest BCUT2D eigenvalue weighted by molar-refractivity contribution is 8.28. The van der Waals surface area contributed by atoms with Crippen LogP contribution >= 0.6 is 10.6 Å². The molecule has 0 aliphatic carbocycles. The maximum atomic E-state index is 13.0. The van der Waals surface area contributed by atoms with Gasteiger partial charge in [-0.2, -0.15) is 10.5 Å². The Labute approximate surface area is 154 Å². The van der Waals surface area contributed by atoms with Crippen LogP contribution in [0.25, 0.3) is 11.6 Å². The zero-order valence-electron chi connectivity index (χ0n) is 14.3. The summed E-state index contributed by atoms with van der Waals surface area (Å²) >= 11 is 0. The van der Waals surface area contributed by atoms with Crippen LogP contribution in [0.4, 0.5) is 5.69 Å². The lowest BCUT2D eigenvalue weighted by Gasteiger charge is -2.58. The van der Waals surface area contributed by atoms with Crippen LogP contribution in [0.1, 0.15) is 11.1 Å². The lowest BCUT2D eigenvalue weighted by Crippen LogP contribution is -2.07. The summed E-state index contributed by atoms with van der Waals surface area (Å²) in [5.74, 6) is 0. The van der Waals surface area contributed by atoms with Crippen molar-refractivity contribution >= 4 is 27.9 Å². The average molecular weight is 361 g/mol. The lowest BCUT2D eigenvalue weighted by atomic mass is 9.99. The third-order valence-corrected chi connectivity index (χ3v) is 6.00. The van der Waals surface area contributed by atoms with Crippen LogP contribution in [0.5, 0.6) is 0 Å². The van der Waals surface area contributed by atoms with Gasteiger partial charge in [0.05, 0.1) is 0 Å². The van der Waals surface area contributed by atoms with E-state index < -0.39 is 10.6 Å². The molecule has 1 aliphatic heterocycles. The van der Waals surface area contributed by atoms with Crippen LogP contribution in [0.15, 0.2) is 63.9 Å². The minimum absolute atomic E-state index is 0.0191. The quantitative estimate of drug-likeness (QED) is 0.752. The predicted octanol–water partition coefficient (Wildman–Crippen LogP) is 4.03. The molecule has 0 saturated carbocycles. The average Bonchev–Trinajstić information content (AvgIpc) is 2.85. The van der Waals surface area contributed by atoms with Crippen LogP contribution in [-0.4, -0.2) is 23.2 Å². The molecule has 6 heteroatoms. The highest BCUT2D eigenvalue weighted by Crippen LogP contribution is 2.67. The van der Waals surface area contributed by atoms with E-state index in [1.165, 1.54) is 12.1 Å². The number of hydrogen-bond donors (Lipinski definition) is 0. The van der Waals surface area contributed by atoms with Gasteiger partial charge in [0.1, 0.15) is 17.7 Å². The Balaban J connectivity index is 2.23.